The first-order chi connectivity index (χ1) is 8.88. The number of amides is 1. The van der Waals surface area contributed by atoms with E-state index in [0.29, 0.717) is 5.69 Å². The van der Waals surface area contributed by atoms with E-state index in [9.17, 15) is 18.7 Å². The number of hydrogen-bond acceptors (Lipinski definition) is 3. The summed E-state index contributed by atoms with van der Waals surface area (Å²) in [5.41, 5.74) is 0.461. The highest BCUT2D eigenvalue weighted by atomic mass is 19.3. The zero-order chi connectivity index (χ0) is 14.4. The average molecular weight is 273 g/mol. The van der Waals surface area contributed by atoms with Gasteiger partial charge in [0.1, 0.15) is 5.75 Å². The summed E-state index contributed by atoms with van der Waals surface area (Å²) in [6.45, 7) is 0.754. The number of aliphatic hydroxyl groups is 1. The van der Waals surface area contributed by atoms with Crippen LogP contribution in [0, 0.1) is 5.92 Å². The van der Waals surface area contributed by atoms with Gasteiger partial charge in [-0.25, -0.2) is 0 Å². The normalized spacial score (nSPS) is 12.6. The number of ether oxygens (including phenoxy) is 1. The number of rotatable bonds is 6. The minimum Gasteiger partial charge on any atom is -0.435 e. The Balaban J connectivity index is 2.51. The second-order valence-electron chi connectivity index (χ2n) is 4.47. The van der Waals surface area contributed by atoms with E-state index < -0.39 is 12.7 Å². The number of nitrogens with one attached hydrogen (secondary N) is 1. The lowest BCUT2D eigenvalue weighted by Crippen LogP contribution is -2.23. The third-order valence-electron chi connectivity index (χ3n) is 2.53. The number of carbonyl (C=O) groups excluding carboxylic acids is 1. The standard InChI is InChI=1S/C13H17F2NO3/c1-8(2)11(17)7-12(18)16-9-3-5-10(6-4-9)19-13(14)15/h3-6,8,11,13,17H,7H2,1-2H3,(H,16,18). The SMILES string of the molecule is CC(C)C(O)CC(=O)Nc1ccc(OC(F)F)cc1. The minimum atomic E-state index is -2.87. The average Bonchev–Trinajstić information content (AvgIpc) is 2.30. The molecular weight excluding hydrogens is 256 g/mol. The molecule has 0 aliphatic carbocycles. The monoisotopic (exact) mass is 273 g/mol. The zero-order valence-corrected chi connectivity index (χ0v) is 10.8. The van der Waals surface area contributed by atoms with Gasteiger partial charge in [-0.05, 0) is 30.2 Å². The molecule has 1 atom stereocenters. The van der Waals surface area contributed by atoms with Crippen molar-refractivity contribution >= 4 is 11.6 Å². The minimum absolute atomic E-state index is 0.00688. The van der Waals surface area contributed by atoms with Crippen molar-refractivity contribution in [2.45, 2.75) is 33.0 Å². The summed E-state index contributed by atoms with van der Waals surface area (Å²) in [6.07, 6.45) is -0.714. The fraction of sp³-hybridized carbons (Fsp3) is 0.462. The summed E-state index contributed by atoms with van der Waals surface area (Å²) in [5.74, 6) is -0.313. The fourth-order valence-corrected chi connectivity index (χ4v) is 1.36. The Morgan fingerprint density at radius 2 is 1.89 bits per heavy atom. The summed E-state index contributed by atoms with van der Waals surface area (Å²) >= 11 is 0. The molecule has 1 aromatic carbocycles. The fourth-order valence-electron chi connectivity index (χ4n) is 1.36. The molecule has 1 amide bonds. The summed E-state index contributed by atoms with van der Waals surface area (Å²) < 4.78 is 28.0. The molecule has 0 aromatic heterocycles. The highest BCUT2D eigenvalue weighted by molar-refractivity contribution is 5.91. The van der Waals surface area contributed by atoms with Gasteiger partial charge in [0.25, 0.3) is 0 Å². The molecule has 0 saturated carbocycles. The van der Waals surface area contributed by atoms with Gasteiger partial charge in [-0.3, -0.25) is 4.79 Å². The van der Waals surface area contributed by atoms with Gasteiger partial charge in [-0.2, -0.15) is 8.78 Å². The van der Waals surface area contributed by atoms with E-state index in [0.717, 1.165) is 0 Å². The van der Waals surface area contributed by atoms with E-state index in [1.54, 1.807) is 0 Å². The molecule has 0 radical (unpaired) electrons. The summed E-state index contributed by atoms with van der Waals surface area (Å²) in [5, 5.41) is 12.1. The van der Waals surface area contributed by atoms with E-state index in [4.69, 9.17) is 0 Å². The Labute approximate surface area is 110 Å². The first-order valence-electron chi connectivity index (χ1n) is 5.91. The molecule has 19 heavy (non-hydrogen) atoms. The number of carbonyl (C=O) groups is 1. The van der Waals surface area contributed by atoms with Gasteiger partial charge in [-0.15, -0.1) is 0 Å². The zero-order valence-electron chi connectivity index (χ0n) is 10.8. The summed E-state index contributed by atoms with van der Waals surface area (Å²) in [6, 6.07) is 5.58. The highest BCUT2D eigenvalue weighted by Gasteiger charge is 2.14. The predicted molar refractivity (Wildman–Crippen MR) is 67.2 cm³/mol. The van der Waals surface area contributed by atoms with Crippen LogP contribution >= 0.6 is 0 Å². The smallest absolute Gasteiger partial charge is 0.387 e. The Morgan fingerprint density at radius 3 is 2.37 bits per heavy atom. The van der Waals surface area contributed by atoms with Crippen molar-refractivity contribution in [2.24, 2.45) is 5.92 Å². The molecule has 0 fully saturated rings. The number of halogens is 2. The van der Waals surface area contributed by atoms with E-state index in [2.05, 4.69) is 10.1 Å². The van der Waals surface area contributed by atoms with E-state index in [-0.39, 0.29) is 24.0 Å². The van der Waals surface area contributed by atoms with Crippen LogP contribution in [0.1, 0.15) is 20.3 Å². The van der Waals surface area contributed by atoms with Crippen molar-refractivity contribution in [1.29, 1.82) is 0 Å². The Kier molecular flexibility index (Phi) is 5.69. The Hall–Kier alpha value is -1.69. The number of hydrogen-bond donors (Lipinski definition) is 2. The van der Waals surface area contributed by atoms with Crippen LogP contribution in [-0.4, -0.2) is 23.7 Å². The number of alkyl halides is 2. The molecule has 0 heterocycles. The first-order valence-corrected chi connectivity index (χ1v) is 5.91. The van der Waals surface area contributed by atoms with Crippen molar-refractivity contribution in [2.75, 3.05) is 5.32 Å². The molecule has 0 aliphatic rings. The van der Waals surface area contributed by atoms with Crippen LogP contribution in [-0.2, 0) is 4.79 Å². The lowest BCUT2D eigenvalue weighted by atomic mass is 10.0. The van der Waals surface area contributed by atoms with Crippen molar-refractivity contribution in [3.05, 3.63) is 24.3 Å². The molecule has 0 spiro atoms. The number of anilines is 1. The van der Waals surface area contributed by atoms with Crippen LogP contribution in [0.4, 0.5) is 14.5 Å². The second kappa shape index (κ2) is 7.04. The maximum absolute atomic E-state index is 11.9. The van der Waals surface area contributed by atoms with E-state index in [1.807, 2.05) is 13.8 Å². The topological polar surface area (TPSA) is 58.6 Å². The molecule has 2 N–H and O–H groups in total. The van der Waals surface area contributed by atoms with Crippen molar-refractivity contribution in [3.8, 4) is 5.75 Å². The largest absolute Gasteiger partial charge is 0.435 e. The van der Waals surface area contributed by atoms with Gasteiger partial charge < -0.3 is 15.2 Å². The van der Waals surface area contributed by atoms with E-state index >= 15 is 0 Å². The number of benzene rings is 1. The van der Waals surface area contributed by atoms with Gasteiger partial charge in [0.15, 0.2) is 0 Å². The Morgan fingerprint density at radius 1 is 1.32 bits per heavy atom. The number of aliphatic hydroxyl groups excluding tert-OH is 1. The van der Waals surface area contributed by atoms with Crippen molar-refractivity contribution in [3.63, 3.8) is 0 Å². The van der Waals surface area contributed by atoms with E-state index in [1.165, 1.54) is 24.3 Å². The third-order valence-corrected chi connectivity index (χ3v) is 2.53. The first kappa shape index (κ1) is 15.4. The van der Waals surface area contributed by atoms with Crippen molar-refractivity contribution in [1.82, 2.24) is 0 Å². The van der Waals surface area contributed by atoms with Crippen LogP contribution in [0.15, 0.2) is 24.3 Å². The van der Waals surface area contributed by atoms with Crippen LogP contribution in [0.2, 0.25) is 0 Å². The lowest BCUT2D eigenvalue weighted by molar-refractivity contribution is -0.118. The Bertz CT molecular complexity index is 407. The van der Waals surface area contributed by atoms with Gasteiger partial charge >= 0.3 is 6.61 Å². The molecule has 0 bridgehead atoms. The molecule has 6 heteroatoms. The summed E-state index contributed by atoms with van der Waals surface area (Å²) in [4.78, 5) is 11.6. The van der Waals surface area contributed by atoms with Crippen LogP contribution in [0.25, 0.3) is 0 Å². The van der Waals surface area contributed by atoms with Crippen LogP contribution < -0.4 is 10.1 Å². The highest BCUT2D eigenvalue weighted by Crippen LogP contribution is 2.18. The van der Waals surface area contributed by atoms with Gasteiger partial charge in [0.2, 0.25) is 5.91 Å². The van der Waals surface area contributed by atoms with Gasteiger partial charge in [0, 0.05) is 5.69 Å². The molecule has 1 rings (SSSR count). The molecule has 0 aliphatic heterocycles. The van der Waals surface area contributed by atoms with Gasteiger partial charge in [-0.1, -0.05) is 13.8 Å². The third kappa shape index (κ3) is 5.65. The van der Waals surface area contributed by atoms with Crippen LogP contribution in [0.5, 0.6) is 5.75 Å². The van der Waals surface area contributed by atoms with Crippen molar-refractivity contribution < 1.29 is 23.4 Å². The molecule has 106 valence electrons. The molecular formula is C13H17F2NO3. The quantitative estimate of drug-likeness (QED) is 0.837. The van der Waals surface area contributed by atoms with Crippen LogP contribution in [0.3, 0.4) is 0 Å². The summed E-state index contributed by atoms with van der Waals surface area (Å²) in [7, 11) is 0. The molecule has 0 saturated heterocycles. The second-order valence-corrected chi connectivity index (χ2v) is 4.47. The predicted octanol–water partition coefficient (Wildman–Crippen LogP) is 2.63. The molecule has 4 nitrogen and oxygen atoms in total. The molecule has 1 unspecified atom stereocenters. The lowest BCUT2D eigenvalue weighted by Gasteiger charge is -2.14. The maximum atomic E-state index is 11.9. The van der Waals surface area contributed by atoms with Gasteiger partial charge in [0.05, 0.1) is 12.5 Å². The maximum Gasteiger partial charge on any atom is 0.387 e. The molecule has 1 aromatic rings.